The fourth-order valence-corrected chi connectivity index (χ4v) is 5.04. The van der Waals surface area contributed by atoms with Crippen LogP contribution in [0.2, 0.25) is 5.02 Å². The molecule has 11 nitrogen and oxygen atoms in total. The van der Waals surface area contributed by atoms with Gasteiger partial charge in [0, 0.05) is 27.9 Å². The van der Waals surface area contributed by atoms with Crippen molar-refractivity contribution in [1.82, 2.24) is 29.7 Å². The minimum absolute atomic E-state index is 0.141. The van der Waals surface area contributed by atoms with Crippen molar-refractivity contribution in [2.24, 2.45) is 0 Å². The average Bonchev–Trinajstić information content (AvgIpc) is 3.66. The molecule has 12 heteroatoms. The van der Waals surface area contributed by atoms with Crippen molar-refractivity contribution in [3.8, 4) is 16.8 Å². The molecule has 0 N–H and O–H groups in total. The predicted octanol–water partition coefficient (Wildman–Crippen LogP) is 3.03. The Labute approximate surface area is 233 Å². The Kier molecular flexibility index (Phi) is 7.65. The number of aryl methyl sites for hydroxylation is 1. The summed E-state index contributed by atoms with van der Waals surface area (Å²) < 4.78 is 8.08. The third-order valence-corrected chi connectivity index (χ3v) is 6.84. The van der Waals surface area contributed by atoms with E-state index in [1.165, 1.54) is 27.7 Å². The van der Waals surface area contributed by atoms with Crippen molar-refractivity contribution in [3.63, 3.8) is 0 Å². The number of ether oxygens (including phenoxy) is 1. The van der Waals surface area contributed by atoms with Crippen molar-refractivity contribution in [3.05, 3.63) is 106 Å². The first-order valence-electron chi connectivity index (χ1n) is 12.3. The maximum atomic E-state index is 13.5. The first-order valence-corrected chi connectivity index (χ1v) is 12.7. The summed E-state index contributed by atoms with van der Waals surface area (Å²) in [5.41, 5.74) is 2.24. The second-order valence-electron chi connectivity index (χ2n) is 8.98. The van der Waals surface area contributed by atoms with Gasteiger partial charge in [0.25, 0.3) is 5.56 Å². The summed E-state index contributed by atoms with van der Waals surface area (Å²) in [7, 11) is 0. The minimum atomic E-state index is -1.60. The maximum absolute atomic E-state index is 13.5. The number of ketones is 1. The van der Waals surface area contributed by atoms with Crippen LogP contribution in [0.4, 0.5) is 0 Å². The number of fused-ring (bicyclic) bond motifs is 1. The molecule has 1 aliphatic rings. The number of carbonyl (C=O) groups excluding carboxylic acids is 3. The van der Waals surface area contributed by atoms with Gasteiger partial charge >= 0.3 is 5.97 Å². The standard InChI is InChI=1S/C28H23ClN6O5/c1-2-12-40-28(39)26(27(38)18-6-4-3-5-7-18)33(17-36)24-11-9-21-13-19(14-25(37)35(21)24)22-15-20(29)8-10-23(22)34-16-30-31-32-34/h2-8,10,13-17,24,26H,1,9,11-12H2/t24-,26?/m0/s1. The van der Waals surface area contributed by atoms with E-state index in [-0.39, 0.29) is 12.2 Å². The fourth-order valence-electron chi connectivity index (χ4n) is 4.87. The lowest BCUT2D eigenvalue weighted by Crippen LogP contribution is -2.50. The molecule has 0 bridgehead atoms. The molecule has 40 heavy (non-hydrogen) atoms. The number of nitrogens with zero attached hydrogens (tertiary/aromatic N) is 6. The molecule has 4 aromatic rings. The molecule has 202 valence electrons. The van der Waals surface area contributed by atoms with Gasteiger partial charge in [-0.05, 0) is 53.1 Å². The summed E-state index contributed by atoms with van der Waals surface area (Å²) >= 11 is 6.28. The second-order valence-corrected chi connectivity index (χ2v) is 9.42. The third kappa shape index (κ3) is 5.06. The number of aromatic nitrogens is 5. The van der Waals surface area contributed by atoms with Crippen molar-refractivity contribution in [2.75, 3.05) is 6.61 Å². The second kappa shape index (κ2) is 11.5. The summed E-state index contributed by atoms with van der Waals surface area (Å²) in [6, 6.07) is 14.9. The van der Waals surface area contributed by atoms with E-state index in [1.54, 1.807) is 48.5 Å². The number of pyridine rings is 1. The predicted molar refractivity (Wildman–Crippen MR) is 145 cm³/mol. The molecule has 0 radical (unpaired) electrons. The number of Topliss-reactive ketones (excluding diaryl/α,β-unsaturated/α-hetero) is 1. The SMILES string of the molecule is C=CCOC(=O)C(C(=O)c1ccccc1)N(C=O)[C@@H]1CCc2cc(-c3cc(Cl)ccc3-n3cnnn3)cc(=O)n21. The quantitative estimate of drug-likeness (QED) is 0.0954. The summed E-state index contributed by atoms with van der Waals surface area (Å²) in [6.07, 6.45) is 3.03. The molecular weight excluding hydrogens is 536 g/mol. The molecule has 0 aliphatic carbocycles. The number of halogens is 1. The molecule has 5 rings (SSSR count). The van der Waals surface area contributed by atoms with Gasteiger partial charge in [0.15, 0.2) is 11.8 Å². The Bertz CT molecular complexity index is 1640. The number of benzene rings is 2. The van der Waals surface area contributed by atoms with Gasteiger partial charge in [-0.25, -0.2) is 4.79 Å². The zero-order valence-electron chi connectivity index (χ0n) is 21.1. The van der Waals surface area contributed by atoms with Gasteiger partial charge < -0.3 is 9.64 Å². The molecule has 1 amide bonds. The molecule has 0 saturated heterocycles. The summed E-state index contributed by atoms with van der Waals surface area (Å²) in [5.74, 6) is -1.53. The summed E-state index contributed by atoms with van der Waals surface area (Å²) in [4.78, 5) is 53.6. The van der Waals surface area contributed by atoms with Crippen LogP contribution >= 0.6 is 11.6 Å². The van der Waals surface area contributed by atoms with Crippen LogP contribution in [0.1, 0.15) is 28.6 Å². The number of carbonyl (C=O) groups is 3. The Balaban J connectivity index is 1.56. The van der Waals surface area contributed by atoms with Crippen LogP contribution in [-0.2, 0) is 20.7 Å². The molecule has 0 spiro atoms. The van der Waals surface area contributed by atoms with Crippen molar-refractivity contribution >= 4 is 29.8 Å². The summed E-state index contributed by atoms with van der Waals surface area (Å²) in [5, 5.41) is 11.8. The molecule has 2 aromatic heterocycles. The van der Waals surface area contributed by atoms with E-state index in [1.807, 2.05) is 6.07 Å². The average molecular weight is 559 g/mol. The van der Waals surface area contributed by atoms with Crippen LogP contribution < -0.4 is 5.56 Å². The smallest absolute Gasteiger partial charge is 0.337 e. The number of esters is 1. The van der Waals surface area contributed by atoms with E-state index >= 15 is 0 Å². The topological polar surface area (TPSA) is 129 Å². The lowest BCUT2D eigenvalue weighted by Gasteiger charge is -2.32. The first-order chi connectivity index (χ1) is 19.4. The number of hydrogen-bond donors (Lipinski definition) is 0. The number of tetrazole rings is 1. The first kappa shape index (κ1) is 26.7. The van der Waals surface area contributed by atoms with Gasteiger partial charge in [0.05, 0.1) is 5.69 Å². The largest absolute Gasteiger partial charge is 0.460 e. The van der Waals surface area contributed by atoms with Crippen LogP contribution in [0.15, 0.2) is 84.4 Å². The molecule has 2 aromatic carbocycles. The molecule has 0 fully saturated rings. The van der Waals surface area contributed by atoms with E-state index in [2.05, 4.69) is 22.1 Å². The van der Waals surface area contributed by atoms with E-state index in [9.17, 15) is 19.2 Å². The normalized spacial score (nSPS) is 14.7. The van der Waals surface area contributed by atoms with Crippen LogP contribution in [0, 0.1) is 0 Å². The highest BCUT2D eigenvalue weighted by Gasteiger charge is 2.41. The Morgan fingerprint density at radius 1 is 1.18 bits per heavy atom. The van der Waals surface area contributed by atoms with Gasteiger partial charge in [-0.3, -0.25) is 19.0 Å². The highest BCUT2D eigenvalue weighted by atomic mass is 35.5. The molecule has 1 unspecified atom stereocenters. The van der Waals surface area contributed by atoms with Crippen molar-refractivity contribution in [1.29, 1.82) is 0 Å². The van der Waals surface area contributed by atoms with Gasteiger partial charge in [-0.2, -0.15) is 4.68 Å². The van der Waals surface area contributed by atoms with Gasteiger partial charge in [-0.15, -0.1) is 5.10 Å². The zero-order chi connectivity index (χ0) is 28.2. The lowest BCUT2D eigenvalue weighted by atomic mass is 10.0. The number of hydrogen-bond acceptors (Lipinski definition) is 8. The van der Waals surface area contributed by atoms with Crippen molar-refractivity contribution in [2.45, 2.75) is 25.0 Å². The highest BCUT2D eigenvalue weighted by Crippen LogP contribution is 2.34. The van der Waals surface area contributed by atoms with Crippen LogP contribution in [-0.4, -0.2) is 60.5 Å². The van der Waals surface area contributed by atoms with Gasteiger partial charge in [0.2, 0.25) is 6.41 Å². The molecule has 1 aliphatic heterocycles. The molecule has 0 saturated carbocycles. The maximum Gasteiger partial charge on any atom is 0.337 e. The third-order valence-electron chi connectivity index (χ3n) is 6.61. The van der Waals surface area contributed by atoms with Gasteiger partial charge in [0.1, 0.15) is 19.1 Å². The lowest BCUT2D eigenvalue weighted by molar-refractivity contribution is -0.151. The van der Waals surface area contributed by atoms with E-state index < -0.39 is 29.5 Å². The Morgan fingerprint density at radius 2 is 1.98 bits per heavy atom. The zero-order valence-corrected chi connectivity index (χ0v) is 21.8. The Morgan fingerprint density at radius 3 is 2.67 bits per heavy atom. The van der Waals surface area contributed by atoms with Crippen LogP contribution in [0.3, 0.4) is 0 Å². The molecule has 2 atom stereocenters. The number of rotatable bonds is 10. The monoisotopic (exact) mass is 558 g/mol. The van der Waals surface area contributed by atoms with Gasteiger partial charge in [-0.1, -0.05) is 54.6 Å². The fraction of sp³-hybridized carbons (Fsp3) is 0.179. The van der Waals surface area contributed by atoms with Crippen molar-refractivity contribution < 1.29 is 19.1 Å². The minimum Gasteiger partial charge on any atom is -0.460 e. The van der Waals surface area contributed by atoms with E-state index in [0.29, 0.717) is 46.8 Å². The highest BCUT2D eigenvalue weighted by molar-refractivity contribution is 6.31. The van der Waals surface area contributed by atoms with E-state index in [0.717, 1.165) is 4.90 Å². The van der Waals surface area contributed by atoms with E-state index in [4.69, 9.17) is 16.3 Å². The van der Waals surface area contributed by atoms with Crippen LogP contribution in [0.25, 0.3) is 16.8 Å². The van der Waals surface area contributed by atoms with Crippen LogP contribution in [0.5, 0.6) is 0 Å². The molecule has 3 heterocycles. The number of amides is 1. The Hall–Kier alpha value is -4.90. The molecular formula is C28H23ClN6O5. The summed E-state index contributed by atoms with van der Waals surface area (Å²) in [6.45, 7) is 3.39.